The number of allylic oxidation sites excluding steroid dienone is 4. The van der Waals surface area contributed by atoms with E-state index in [1.807, 2.05) is 12.2 Å². The van der Waals surface area contributed by atoms with Crippen molar-refractivity contribution in [1.29, 1.82) is 0 Å². The first-order chi connectivity index (χ1) is 37.3. The molecule has 0 fully saturated rings. The molecule has 0 saturated heterocycles. The van der Waals surface area contributed by atoms with E-state index in [2.05, 4.69) is 253 Å². The minimum atomic E-state index is -0.117. The molecular weight excluding hydrogens is 973 g/mol. The average Bonchev–Trinajstić information content (AvgIpc) is 4.30. The van der Waals surface area contributed by atoms with E-state index >= 15 is 0 Å². The summed E-state index contributed by atoms with van der Waals surface area (Å²) in [6.07, 6.45) is 5.87. The van der Waals surface area contributed by atoms with Crippen LogP contribution in [0.4, 0.5) is 0 Å². The van der Waals surface area contributed by atoms with E-state index in [9.17, 15) is 0 Å². The quantitative estimate of drug-likeness (QED) is 0.135. The van der Waals surface area contributed by atoms with Crippen LogP contribution in [0.2, 0.25) is 0 Å². The number of benzene rings is 9. The van der Waals surface area contributed by atoms with E-state index < -0.39 is 0 Å². The van der Waals surface area contributed by atoms with Crippen molar-refractivity contribution in [3.63, 3.8) is 0 Å². The molecule has 4 heterocycles. The summed E-state index contributed by atoms with van der Waals surface area (Å²) in [6.45, 7) is 22.6. The van der Waals surface area contributed by atoms with Gasteiger partial charge in [0.25, 0.3) is 0 Å². The van der Waals surface area contributed by atoms with Gasteiger partial charge in [0.1, 0.15) is 0 Å². The summed E-state index contributed by atoms with van der Waals surface area (Å²) < 4.78 is 7.41. The Kier molecular flexibility index (Phi) is 11.6. The molecule has 0 radical (unpaired) electrons. The summed E-state index contributed by atoms with van der Waals surface area (Å²) in [4.78, 5) is 16.3. The van der Waals surface area contributed by atoms with Gasteiger partial charge in [-0.3, -0.25) is 0 Å². The zero-order chi connectivity index (χ0) is 52.7. The highest BCUT2D eigenvalue weighted by molar-refractivity contribution is 7.26. The van der Waals surface area contributed by atoms with Gasteiger partial charge in [0.05, 0.1) is 16.7 Å². The van der Waals surface area contributed by atoms with Gasteiger partial charge in [-0.2, -0.15) is 0 Å². The molecule has 0 amide bonds. The van der Waals surface area contributed by atoms with Gasteiger partial charge in [0.2, 0.25) is 0 Å². The number of fused-ring (bicyclic) bond motifs is 9. The van der Waals surface area contributed by atoms with Gasteiger partial charge >= 0.3 is 0 Å². The first-order valence-corrected chi connectivity index (χ1v) is 27.9. The highest BCUT2D eigenvalue weighted by Gasteiger charge is 2.28. The molecule has 0 saturated carbocycles. The summed E-state index contributed by atoms with van der Waals surface area (Å²) in [5, 5.41) is 7.36. The van der Waals surface area contributed by atoms with Gasteiger partial charge in [0.15, 0.2) is 17.5 Å². The lowest BCUT2D eigenvalue weighted by Gasteiger charge is -2.24. The molecule has 9 aromatic carbocycles. The lowest BCUT2D eigenvalue weighted by atomic mass is 9.83. The molecule has 0 N–H and O–H groups in total. The molecule has 372 valence electrons. The molecule has 0 aliphatic rings. The SMILES string of the molecule is C=C/C=C(\C=C)c1cc(-c2nc(-c3ccc4c(c3)sc3ccccc34)nc(-c3ccc4c(c3)sc3ccccc34)n2)cc(-c2ccccc2)c1-n1c2ccc(C(C)(C)C)cc2c2cc(C(C)(C)C)cc(-c3ccccc3)c21. The molecular formula is C71H56N4S2. The standard InChI is InChI=1S/C71H56N4S2/c1-9-21-43(10-2)55-36-48(69-73-67(46-30-33-53-51-26-17-19-28-61(51)76-63(53)38-46)72-68(74-69)47-31-34-54-52-27-18-20-29-62(52)77-64(54)39-47)37-56(44-22-13-11-14-23-44)65(55)75-60-35-32-49(70(3,4)5)40-58(60)59-42-50(71(6,7)8)41-57(66(59)75)45-24-15-12-16-25-45/h9-42H,1-2H2,3-8H3/b43-21+. The van der Waals surface area contributed by atoms with Gasteiger partial charge in [-0.1, -0.05) is 200 Å². The molecule has 0 atom stereocenters. The van der Waals surface area contributed by atoms with Crippen LogP contribution >= 0.6 is 22.7 Å². The van der Waals surface area contributed by atoms with Crippen molar-refractivity contribution < 1.29 is 0 Å². The Balaban J connectivity index is 1.14. The molecule has 4 nitrogen and oxygen atoms in total. The Morgan fingerprint density at radius 3 is 1.48 bits per heavy atom. The first kappa shape index (κ1) is 48.1. The largest absolute Gasteiger partial charge is 0.307 e. The van der Waals surface area contributed by atoms with Crippen LogP contribution in [0.5, 0.6) is 0 Å². The fourth-order valence-electron chi connectivity index (χ4n) is 11.1. The first-order valence-electron chi connectivity index (χ1n) is 26.3. The predicted molar refractivity (Wildman–Crippen MR) is 333 cm³/mol. The maximum absolute atomic E-state index is 5.49. The molecule has 4 aromatic heterocycles. The van der Waals surface area contributed by atoms with Gasteiger partial charge in [-0.25, -0.2) is 15.0 Å². The third kappa shape index (κ3) is 8.40. The Hall–Kier alpha value is -8.55. The summed E-state index contributed by atoms with van der Waals surface area (Å²) in [5.74, 6) is 1.79. The maximum atomic E-state index is 5.49. The highest BCUT2D eigenvalue weighted by atomic mass is 32.1. The van der Waals surface area contributed by atoms with Gasteiger partial charge in [-0.15, -0.1) is 22.7 Å². The number of rotatable bonds is 9. The van der Waals surface area contributed by atoms with Crippen LogP contribution in [-0.2, 0) is 10.8 Å². The number of hydrogen-bond donors (Lipinski definition) is 0. The molecule has 0 aliphatic heterocycles. The zero-order valence-electron chi connectivity index (χ0n) is 44.1. The number of nitrogens with zero attached hydrogens (tertiary/aromatic N) is 4. The summed E-state index contributed by atoms with van der Waals surface area (Å²) in [5.41, 5.74) is 14.6. The molecule has 6 heteroatoms. The van der Waals surface area contributed by atoms with Crippen LogP contribution < -0.4 is 0 Å². The highest BCUT2D eigenvalue weighted by Crippen LogP contribution is 2.48. The van der Waals surface area contributed by atoms with Crippen molar-refractivity contribution in [3.8, 4) is 62.1 Å². The second-order valence-corrected chi connectivity index (χ2v) is 24.3. The predicted octanol–water partition coefficient (Wildman–Crippen LogP) is 20.4. The van der Waals surface area contributed by atoms with E-state index in [0.29, 0.717) is 17.5 Å². The maximum Gasteiger partial charge on any atom is 0.164 e. The van der Waals surface area contributed by atoms with Crippen molar-refractivity contribution >= 4 is 90.4 Å². The third-order valence-corrected chi connectivity index (χ3v) is 17.4. The molecule has 13 aromatic rings. The summed E-state index contributed by atoms with van der Waals surface area (Å²) in [7, 11) is 0. The van der Waals surface area contributed by atoms with Crippen molar-refractivity contribution in [2.24, 2.45) is 0 Å². The van der Waals surface area contributed by atoms with Crippen LogP contribution in [0, 0.1) is 0 Å². The minimum Gasteiger partial charge on any atom is -0.307 e. The lowest BCUT2D eigenvalue weighted by Crippen LogP contribution is -2.11. The zero-order valence-corrected chi connectivity index (χ0v) is 45.8. The monoisotopic (exact) mass is 1030 g/mol. The second kappa shape index (κ2) is 18.6. The van der Waals surface area contributed by atoms with Crippen LogP contribution in [-0.4, -0.2) is 19.5 Å². The lowest BCUT2D eigenvalue weighted by molar-refractivity contribution is 0.590. The minimum absolute atomic E-state index is 0.0767. The van der Waals surface area contributed by atoms with Gasteiger partial charge in [0, 0.05) is 84.5 Å². The molecule has 77 heavy (non-hydrogen) atoms. The Labute approximate surface area is 457 Å². The number of hydrogen-bond acceptors (Lipinski definition) is 5. The Morgan fingerprint density at radius 1 is 0.429 bits per heavy atom. The molecule has 0 aliphatic carbocycles. The van der Waals surface area contributed by atoms with E-state index in [0.717, 1.165) is 61.2 Å². The smallest absolute Gasteiger partial charge is 0.164 e. The van der Waals surface area contributed by atoms with E-state index in [4.69, 9.17) is 15.0 Å². The molecule has 0 bridgehead atoms. The average molecular weight is 1030 g/mol. The van der Waals surface area contributed by atoms with E-state index in [-0.39, 0.29) is 10.8 Å². The molecule has 0 unspecified atom stereocenters. The summed E-state index contributed by atoms with van der Waals surface area (Å²) in [6, 6.07) is 68.6. The Morgan fingerprint density at radius 2 is 0.935 bits per heavy atom. The molecule has 0 spiro atoms. The van der Waals surface area contributed by atoms with Gasteiger partial charge in [-0.05, 0) is 99.3 Å². The number of thiophene rings is 2. The third-order valence-electron chi connectivity index (χ3n) is 15.1. The van der Waals surface area contributed by atoms with Crippen LogP contribution in [0.15, 0.2) is 219 Å². The van der Waals surface area contributed by atoms with Gasteiger partial charge < -0.3 is 4.57 Å². The van der Waals surface area contributed by atoms with Crippen molar-refractivity contribution in [2.75, 3.05) is 0 Å². The van der Waals surface area contributed by atoms with Crippen molar-refractivity contribution in [1.82, 2.24) is 19.5 Å². The van der Waals surface area contributed by atoms with Crippen molar-refractivity contribution in [3.05, 3.63) is 236 Å². The van der Waals surface area contributed by atoms with Crippen LogP contribution in [0.3, 0.4) is 0 Å². The number of aromatic nitrogens is 4. The summed E-state index contributed by atoms with van der Waals surface area (Å²) >= 11 is 3.59. The fraction of sp³-hybridized carbons (Fsp3) is 0.113. The molecule has 13 rings (SSSR count). The Bertz CT molecular complexity index is 4420. The van der Waals surface area contributed by atoms with Crippen LogP contribution in [0.1, 0.15) is 58.2 Å². The fourth-order valence-corrected chi connectivity index (χ4v) is 13.4. The van der Waals surface area contributed by atoms with E-state index in [1.165, 1.54) is 67.8 Å². The second-order valence-electron chi connectivity index (χ2n) is 22.1. The topological polar surface area (TPSA) is 43.6 Å². The van der Waals surface area contributed by atoms with E-state index in [1.54, 1.807) is 22.7 Å². The van der Waals surface area contributed by atoms with Crippen LogP contribution in [0.25, 0.3) is 130 Å². The van der Waals surface area contributed by atoms with Crippen molar-refractivity contribution in [2.45, 2.75) is 52.4 Å². The normalized spacial score (nSPS) is 12.5.